The normalized spacial score (nSPS) is 26.8. The molecule has 1 amide bonds. The Bertz CT molecular complexity index is 817. The van der Waals surface area contributed by atoms with Gasteiger partial charge in [-0.15, -0.1) is 0 Å². The van der Waals surface area contributed by atoms with Crippen LogP contribution in [0.1, 0.15) is 31.2 Å². The highest BCUT2D eigenvalue weighted by Crippen LogP contribution is 2.57. The lowest BCUT2D eigenvalue weighted by Gasteiger charge is -2.36. The highest BCUT2D eigenvalue weighted by atomic mass is 16.4. The van der Waals surface area contributed by atoms with E-state index in [0.717, 1.165) is 25.7 Å². The van der Waals surface area contributed by atoms with Gasteiger partial charge in [0.05, 0.1) is 5.41 Å². The SMILES string of the molecule is O=C(O)Cn1ccc(NC(=O)C2(Cc3ccccc3)CC3CCC2C3)n1. The number of nitrogens with zero attached hydrogens (tertiary/aromatic N) is 2. The van der Waals surface area contributed by atoms with E-state index in [-0.39, 0.29) is 17.9 Å². The van der Waals surface area contributed by atoms with E-state index in [1.54, 1.807) is 12.3 Å². The zero-order valence-electron chi connectivity index (χ0n) is 14.6. The van der Waals surface area contributed by atoms with Crippen molar-refractivity contribution in [2.75, 3.05) is 5.32 Å². The quantitative estimate of drug-likeness (QED) is 0.836. The summed E-state index contributed by atoms with van der Waals surface area (Å²) in [6, 6.07) is 11.9. The van der Waals surface area contributed by atoms with Gasteiger partial charge in [-0.1, -0.05) is 36.8 Å². The number of fused-ring (bicyclic) bond motifs is 2. The number of benzene rings is 1. The third-order valence-corrected chi connectivity index (χ3v) is 5.97. The summed E-state index contributed by atoms with van der Waals surface area (Å²) in [5.41, 5.74) is 0.799. The van der Waals surface area contributed by atoms with E-state index in [2.05, 4.69) is 22.5 Å². The number of carboxylic acid groups (broad SMARTS) is 1. The molecule has 136 valence electrons. The van der Waals surface area contributed by atoms with E-state index in [9.17, 15) is 9.59 Å². The molecule has 0 radical (unpaired) electrons. The van der Waals surface area contributed by atoms with Crippen LogP contribution in [0.15, 0.2) is 42.6 Å². The van der Waals surface area contributed by atoms with Gasteiger partial charge in [-0.2, -0.15) is 5.10 Å². The molecular weight excluding hydrogens is 330 g/mol. The second-order valence-electron chi connectivity index (χ2n) is 7.65. The van der Waals surface area contributed by atoms with Crippen LogP contribution in [0, 0.1) is 17.3 Å². The number of hydrogen-bond donors (Lipinski definition) is 2. The third kappa shape index (κ3) is 3.11. The first-order chi connectivity index (χ1) is 12.5. The van der Waals surface area contributed by atoms with Crippen LogP contribution >= 0.6 is 0 Å². The van der Waals surface area contributed by atoms with E-state index in [1.807, 2.05) is 18.2 Å². The number of rotatable bonds is 6. The lowest BCUT2D eigenvalue weighted by Crippen LogP contribution is -2.42. The summed E-state index contributed by atoms with van der Waals surface area (Å²) in [6.45, 7) is -0.213. The summed E-state index contributed by atoms with van der Waals surface area (Å²) in [7, 11) is 0. The molecule has 1 aromatic heterocycles. The predicted octanol–water partition coefficient (Wildman–Crippen LogP) is 2.96. The Kier molecular flexibility index (Phi) is 4.26. The van der Waals surface area contributed by atoms with Crippen molar-refractivity contribution in [1.82, 2.24) is 9.78 Å². The Balaban J connectivity index is 1.55. The first kappa shape index (κ1) is 16.8. The Morgan fingerprint density at radius 3 is 2.69 bits per heavy atom. The van der Waals surface area contributed by atoms with Crippen LogP contribution < -0.4 is 5.32 Å². The van der Waals surface area contributed by atoms with Crippen molar-refractivity contribution in [2.24, 2.45) is 17.3 Å². The Morgan fingerprint density at radius 1 is 1.23 bits per heavy atom. The monoisotopic (exact) mass is 353 g/mol. The number of amides is 1. The molecule has 26 heavy (non-hydrogen) atoms. The van der Waals surface area contributed by atoms with E-state index < -0.39 is 5.97 Å². The molecule has 2 fully saturated rings. The van der Waals surface area contributed by atoms with Crippen molar-refractivity contribution in [3.63, 3.8) is 0 Å². The number of nitrogens with one attached hydrogen (secondary N) is 1. The van der Waals surface area contributed by atoms with Gasteiger partial charge in [0.15, 0.2) is 5.82 Å². The minimum atomic E-state index is -0.959. The molecule has 1 heterocycles. The topological polar surface area (TPSA) is 84.2 Å². The van der Waals surface area contributed by atoms with Crippen molar-refractivity contribution in [3.8, 4) is 0 Å². The van der Waals surface area contributed by atoms with E-state index in [4.69, 9.17) is 5.11 Å². The average Bonchev–Trinajstić information content (AvgIpc) is 3.32. The predicted molar refractivity (Wildman–Crippen MR) is 96.5 cm³/mol. The number of aromatic nitrogens is 2. The smallest absolute Gasteiger partial charge is 0.325 e. The van der Waals surface area contributed by atoms with Gasteiger partial charge in [0, 0.05) is 12.3 Å². The fraction of sp³-hybridized carbons (Fsp3) is 0.450. The standard InChI is InChI=1S/C20H23N3O3/c24-18(25)13-23-9-8-17(22-23)21-19(26)20(11-14-4-2-1-3-5-14)12-15-6-7-16(20)10-15/h1-5,8-9,15-16H,6-7,10-13H2,(H,24,25)(H,21,22,26). The van der Waals surface area contributed by atoms with Crippen LogP contribution in [0.2, 0.25) is 0 Å². The largest absolute Gasteiger partial charge is 0.480 e. The Labute approximate surface area is 152 Å². The molecule has 4 rings (SSSR count). The lowest BCUT2D eigenvalue weighted by atomic mass is 9.68. The molecule has 2 saturated carbocycles. The maximum absolute atomic E-state index is 13.3. The number of carbonyl (C=O) groups is 2. The second-order valence-corrected chi connectivity index (χ2v) is 7.65. The third-order valence-electron chi connectivity index (χ3n) is 5.97. The van der Waals surface area contributed by atoms with Crippen LogP contribution in [0.5, 0.6) is 0 Å². The molecular formula is C20H23N3O3. The molecule has 2 bridgehead atoms. The Morgan fingerprint density at radius 2 is 2.04 bits per heavy atom. The number of carbonyl (C=O) groups excluding carboxylic acids is 1. The number of carboxylic acids is 1. The molecule has 2 aliphatic rings. The highest BCUT2D eigenvalue weighted by molar-refractivity contribution is 5.95. The number of hydrogen-bond acceptors (Lipinski definition) is 3. The van der Waals surface area contributed by atoms with Crippen molar-refractivity contribution < 1.29 is 14.7 Å². The average molecular weight is 353 g/mol. The van der Waals surface area contributed by atoms with Gasteiger partial charge >= 0.3 is 5.97 Å². The second kappa shape index (κ2) is 6.59. The first-order valence-electron chi connectivity index (χ1n) is 9.16. The molecule has 0 saturated heterocycles. The van der Waals surface area contributed by atoms with Gasteiger partial charge in [-0.3, -0.25) is 14.3 Å². The Hall–Kier alpha value is -2.63. The van der Waals surface area contributed by atoms with Crippen molar-refractivity contribution in [2.45, 2.75) is 38.6 Å². The zero-order chi connectivity index (χ0) is 18.1. The lowest BCUT2D eigenvalue weighted by molar-refractivity contribution is -0.137. The van der Waals surface area contributed by atoms with E-state index >= 15 is 0 Å². The summed E-state index contributed by atoms with van der Waals surface area (Å²) >= 11 is 0. The fourth-order valence-corrected chi connectivity index (χ4v) is 4.87. The highest BCUT2D eigenvalue weighted by Gasteiger charge is 2.55. The van der Waals surface area contributed by atoms with Crippen LogP contribution in [-0.4, -0.2) is 26.8 Å². The maximum atomic E-state index is 13.3. The van der Waals surface area contributed by atoms with Crippen LogP contribution in [0.4, 0.5) is 5.82 Å². The summed E-state index contributed by atoms with van der Waals surface area (Å²) in [5.74, 6) is 0.535. The van der Waals surface area contributed by atoms with E-state index in [0.29, 0.717) is 17.7 Å². The van der Waals surface area contributed by atoms with Gasteiger partial charge < -0.3 is 10.4 Å². The maximum Gasteiger partial charge on any atom is 0.325 e. The molecule has 2 N–H and O–H groups in total. The van der Waals surface area contributed by atoms with Gasteiger partial charge in [-0.05, 0) is 43.1 Å². The molecule has 1 aromatic carbocycles. The number of anilines is 1. The summed E-state index contributed by atoms with van der Waals surface area (Å²) in [4.78, 5) is 24.1. The van der Waals surface area contributed by atoms with Gasteiger partial charge in [-0.25, -0.2) is 0 Å². The van der Waals surface area contributed by atoms with Gasteiger partial charge in [0.1, 0.15) is 6.54 Å². The van der Waals surface area contributed by atoms with Crippen molar-refractivity contribution >= 4 is 17.7 Å². The minimum absolute atomic E-state index is 0.0223. The van der Waals surface area contributed by atoms with Gasteiger partial charge in [0.2, 0.25) is 5.91 Å². The minimum Gasteiger partial charge on any atom is -0.480 e. The molecule has 6 nitrogen and oxygen atoms in total. The van der Waals surface area contributed by atoms with Crippen LogP contribution in [-0.2, 0) is 22.6 Å². The molecule has 3 unspecified atom stereocenters. The molecule has 2 aliphatic carbocycles. The van der Waals surface area contributed by atoms with Crippen molar-refractivity contribution in [1.29, 1.82) is 0 Å². The summed E-state index contributed by atoms with van der Waals surface area (Å²) in [6.07, 6.45) is 6.72. The zero-order valence-corrected chi connectivity index (χ0v) is 14.6. The summed E-state index contributed by atoms with van der Waals surface area (Å²) < 4.78 is 1.32. The van der Waals surface area contributed by atoms with Crippen LogP contribution in [0.3, 0.4) is 0 Å². The first-order valence-corrected chi connectivity index (χ1v) is 9.16. The summed E-state index contributed by atoms with van der Waals surface area (Å²) in [5, 5.41) is 16.0. The molecule has 2 aromatic rings. The van der Waals surface area contributed by atoms with Crippen LogP contribution in [0.25, 0.3) is 0 Å². The molecule has 3 atom stereocenters. The van der Waals surface area contributed by atoms with E-state index in [1.165, 1.54) is 16.7 Å². The van der Waals surface area contributed by atoms with Crippen molar-refractivity contribution in [3.05, 3.63) is 48.2 Å². The fourth-order valence-electron chi connectivity index (χ4n) is 4.87. The number of aliphatic carboxylic acids is 1. The van der Waals surface area contributed by atoms with Gasteiger partial charge in [0.25, 0.3) is 0 Å². The molecule has 6 heteroatoms. The molecule has 0 spiro atoms. The molecule has 0 aliphatic heterocycles.